The van der Waals surface area contributed by atoms with Crippen molar-refractivity contribution in [1.82, 2.24) is 14.4 Å². The molecule has 6 rings (SSSR count). The normalized spacial score (nSPS) is 18.0. The third-order valence-electron chi connectivity index (χ3n) is 7.65. The molecule has 1 saturated heterocycles. The van der Waals surface area contributed by atoms with Crippen molar-refractivity contribution in [2.24, 2.45) is 0 Å². The predicted molar refractivity (Wildman–Crippen MR) is 141 cm³/mol. The van der Waals surface area contributed by atoms with Gasteiger partial charge in [0.2, 0.25) is 0 Å². The number of anilines is 1. The van der Waals surface area contributed by atoms with Crippen LogP contribution < -0.4 is 4.90 Å². The number of benzene rings is 2. The first-order valence-corrected chi connectivity index (χ1v) is 13.0. The molecule has 0 aliphatic carbocycles. The number of hydrogen-bond acceptors (Lipinski definition) is 4. The molecule has 196 valence electrons. The number of piperazine rings is 1. The zero-order valence-corrected chi connectivity index (χ0v) is 21.3. The second kappa shape index (κ2) is 10.1. The summed E-state index contributed by atoms with van der Waals surface area (Å²) >= 11 is 0. The van der Waals surface area contributed by atoms with E-state index in [1.54, 1.807) is 6.07 Å². The molecule has 4 heterocycles. The van der Waals surface area contributed by atoms with E-state index in [1.807, 2.05) is 41.4 Å². The molecule has 0 spiro atoms. The second-order valence-electron chi connectivity index (χ2n) is 10.00. The number of aromatic nitrogens is 1. The Hall–Kier alpha value is -3.91. The van der Waals surface area contributed by atoms with Crippen molar-refractivity contribution in [2.45, 2.75) is 26.1 Å². The summed E-state index contributed by atoms with van der Waals surface area (Å²) in [6.07, 6.45) is 1.98. The van der Waals surface area contributed by atoms with Crippen LogP contribution in [-0.4, -0.2) is 53.0 Å². The van der Waals surface area contributed by atoms with E-state index >= 15 is 0 Å². The fourth-order valence-electron chi connectivity index (χ4n) is 5.68. The smallest absolute Gasteiger partial charge is 0.289 e. The second-order valence-corrected chi connectivity index (χ2v) is 10.00. The lowest BCUT2D eigenvalue weighted by Gasteiger charge is -2.37. The van der Waals surface area contributed by atoms with Crippen molar-refractivity contribution in [2.75, 3.05) is 37.6 Å². The number of aryl methyl sites for hydroxylation is 1. The van der Waals surface area contributed by atoms with E-state index in [0.717, 1.165) is 31.4 Å². The Balaban J connectivity index is 1.16. The van der Waals surface area contributed by atoms with Gasteiger partial charge in [-0.3, -0.25) is 9.69 Å². The number of halogens is 2. The van der Waals surface area contributed by atoms with Gasteiger partial charge in [0.15, 0.2) is 5.76 Å². The Morgan fingerprint density at radius 2 is 1.74 bits per heavy atom. The fourth-order valence-corrected chi connectivity index (χ4v) is 5.68. The highest BCUT2D eigenvalue weighted by molar-refractivity contribution is 5.91. The van der Waals surface area contributed by atoms with Gasteiger partial charge in [-0.05, 0) is 48.9 Å². The van der Waals surface area contributed by atoms with Gasteiger partial charge >= 0.3 is 0 Å². The van der Waals surface area contributed by atoms with Crippen molar-refractivity contribution in [3.05, 3.63) is 113 Å². The van der Waals surface area contributed by atoms with Gasteiger partial charge in [0.25, 0.3) is 5.91 Å². The zero-order chi connectivity index (χ0) is 26.2. The van der Waals surface area contributed by atoms with Crippen LogP contribution in [0.15, 0.2) is 77.3 Å². The first kappa shape index (κ1) is 24.4. The summed E-state index contributed by atoms with van der Waals surface area (Å²) in [6.45, 7) is 6.70. The molecule has 2 aromatic heterocycles. The van der Waals surface area contributed by atoms with Crippen LogP contribution in [0, 0.1) is 18.6 Å². The maximum atomic E-state index is 14.9. The third-order valence-corrected chi connectivity index (χ3v) is 7.65. The summed E-state index contributed by atoms with van der Waals surface area (Å²) in [7, 11) is 0. The summed E-state index contributed by atoms with van der Waals surface area (Å²) < 4.78 is 36.6. The van der Waals surface area contributed by atoms with Gasteiger partial charge in [-0.15, -0.1) is 0 Å². The van der Waals surface area contributed by atoms with E-state index in [-0.39, 0.29) is 5.91 Å². The van der Waals surface area contributed by atoms with E-state index < -0.39 is 17.7 Å². The molecule has 1 amide bonds. The van der Waals surface area contributed by atoms with E-state index in [1.165, 1.54) is 23.4 Å². The zero-order valence-electron chi connectivity index (χ0n) is 21.3. The van der Waals surface area contributed by atoms with Crippen LogP contribution in [0.3, 0.4) is 0 Å². The number of hydrogen-bond donors (Lipinski definition) is 0. The van der Waals surface area contributed by atoms with Crippen LogP contribution >= 0.6 is 0 Å². The molecule has 2 aliphatic heterocycles. The van der Waals surface area contributed by atoms with Gasteiger partial charge in [-0.25, -0.2) is 8.78 Å². The van der Waals surface area contributed by atoms with Gasteiger partial charge in [-0.1, -0.05) is 24.3 Å². The van der Waals surface area contributed by atoms with Gasteiger partial charge < -0.3 is 18.8 Å². The van der Waals surface area contributed by atoms with Crippen molar-refractivity contribution in [3.63, 3.8) is 0 Å². The Morgan fingerprint density at radius 1 is 0.921 bits per heavy atom. The van der Waals surface area contributed by atoms with Gasteiger partial charge in [-0.2, -0.15) is 0 Å². The molecule has 0 bridgehead atoms. The van der Waals surface area contributed by atoms with Crippen LogP contribution in [0.1, 0.15) is 39.2 Å². The molecule has 4 aromatic rings. The molecule has 6 nitrogen and oxygen atoms in total. The minimum Gasteiger partial charge on any atom is -0.455 e. The van der Waals surface area contributed by atoms with Gasteiger partial charge in [0.05, 0.1) is 12.6 Å². The lowest BCUT2D eigenvalue weighted by Crippen LogP contribution is -2.48. The van der Waals surface area contributed by atoms with E-state index in [9.17, 15) is 13.6 Å². The summed E-state index contributed by atoms with van der Waals surface area (Å²) in [5.41, 5.74) is 3.79. The van der Waals surface area contributed by atoms with E-state index in [0.29, 0.717) is 43.3 Å². The molecule has 0 saturated carbocycles. The first-order chi connectivity index (χ1) is 18.5. The number of nitrogens with zero attached hydrogens (tertiary/aromatic N) is 4. The molecule has 0 radical (unpaired) electrons. The standard InChI is InChI=1S/C30H30F2N4O2/c1-21-5-2-3-6-26(21)34-13-16-35(17-14-34)30(37)28-11-9-23(38-28)20-36-18-15-33-12-4-7-27(33)29(36)24-10-8-22(31)19-25(24)32/h2-12,19,29H,13-18,20H2,1H3. The topological polar surface area (TPSA) is 44.9 Å². The lowest BCUT2D eigenvalue weighted by atomic mass is 9.99. The number of fused-ring (bicyclic) bond motifs is 1. The number of amides is 1. The molecule has 38 heavy (non-hydrogen) atoms. The molecule has 2 aromatic carbocycles. The molecule has 2 aliphatic rings. The SMILES string of the molecule is Cc1ccccc1N1CCN(C(=O)c2ccc(CN3CCn4cccc4C3c3ccc(F)cc3F)o2)CC1. The van der Waals surface area contributed by atoms with Gasteiger partial charge in [0, 0.05) is 68.5 Å². The highest BCUT2D eigenvalue weighted by Crippen LogP contribution is 2.35. The summed E-state index contributed by atoms with van der Waals surface area (Å²) in [5, 5.41) is 0. The number of para-hydroxylation sites is 1. The summed E-state index contributed by atoms with van der Waals surface area (Å²) in [4.78, 5) is 19.5. The molecular weight excluding hydrogens is 486 g/mol. The van der Waals surface area contributed by atoms with Crippen LogP contribution in [0.5, 0.6) is 0 Å². The first-order valence-electron chi connectivity index (χ1n) is 13.0. The number of rotatable bonds is 5. The van der Waals surface area contributed by atoms with E-state index in [2.05, 4.69) is 33.4 Å². The Labute approximate surface area is 220 Å². The highest BCUT2D eigenvalue weighted by Gasteiger charge is 2.32. The predicted octanol–water partition coefficient (Wildman–Crippen LogP) is 5.24. The Kier molecular flexibility index (Phi) is 6.49. The maximum absolute atomic E-state index is 14.9. The average Bonchev–Trinajstić information content (AvgIpc) is 3.59. The molecule has 1 atom stereocenters. The Bertz CT molecular complexity index is 1450. The fraction of sp³-hybridized carbons (Fsp3) is 0.300. The lowest BCUT2D eigenvalue weighted by molar-refractivity contribution is 0.0709. The van der Waals surface area contributed by atoms with Crippen LogP contribution in [-0.2, 0) is 13.1 Å². The number of carbonyl (C=O) groups is 1. The number of furan rings is 1. The molecular formula is C30H30F2N4O2. The third kappa shape index (κ3) is 4.60. The molecule has 8 heteroatoms. The Morgan fingerprint density at radius 3 is 2.53 bits per heavy atom. The van der Waals surface area contributed by atoms with Crippen molar-refractivity contribution in [1.29, 1.82) is 0 Å². The maximum Gasteiger partial charge on any atom is 0.289 e. The van der Waals surface area contributed by atoms with Crippen LogP contribution in [0.4, 0.5) is 14.5 Å². The largest absolute Gasteiger partial charge is 0.455 e. The average molecular weight is 517 g/mol. The van der Waals surface area contributed by atoms with Crippen molar-refractivity contribution in [3.8, 4) is 0 Å². The van der Waals surface area contributed by atoms with Gasteiger partial charge in [0.1, 0.15) is 17.4 Å². The summed E-state index contributed by atoms with van der Waals surface area (Å²) in [6, 6.07) is 19.1. The quantitative estimate of drug-likeness (QED) is 0.364. The monoisotopic (exact) mass is 516 g/mol. The highest BCUT2D eigenvalue weighted by atomic mass is 19.1. The van der Waals surface area contributed by atoms with Crippen molar-refractivity contribution >= 4 is 11.6 Å². The van der Waals surface area contributed by atoms with E-state index in [4.69, 9.17) is 4.42 Å². The van der Waals surface area contributed by atoms with Crippen molar-refractivity contribution < 1.29 is 18.0 Å². The molecule has 1 fully saturated rings. The minimum atomic E-state index is -0.599. The number of carbonyl (C=O) groups excluding carboxylic acids is 1. The van der Waals surface area contributed by atoms with Crippen LogP contribution in [0.2, 0.25) is 0 Å². The molecule has 1 unspecified atom stereocenters. The molecule has 0 N–H and O–H groups in total. The van der Waals surface area contributed by atoms with Crippen LogP contribution in [0.25, 0.3) is 0 Å². The summed E-state index contributed by atoms with van der Waals surface area (Å²) in [5.74, 6) is -0.337. The minimum absolute atomic E-state index is 0.116.